The number of benzene rings is 3. The molecule has 3 atom stereocenters. The Balaban J connectivity index is 1.81. The van der Waals surface area contributed by atoms with Gasteiger partial charge in [-0.25, -0.2) is 13.2 Å². The van der Waals surface area contributed by atoms with Crippen LogP contribution in [0.1, 0.15) is 30.5 Å². The van der Waals surface area contributed by atoms with Crippen LogP contribution in [0.15, 0.2) is 94.8 Å². The van der Waals surface area contributed by atoms with E-state index in [9.17, 15) is 13.2 Å². The van der Waals surface area contributed by atoms with E-state index in [1.165, 1.54) is 11.4 Å². The zero-order valence-electron chi connectivity index (χ0n) is 19.7. The highest BCUT2D eigenvalue weighted by Gasteiger charge is 2.67. The summed E-state index contributed by atoms with van der Waals surface area (Å²) < 4.78 is 33.5. The molecule has 7 heteroatoms. The van der Waals surface area contributed by atoms with Gasteiger partial charge in [-0.05, 0) is 32.9 Å². The lowest BCUT2D eigenvalue weighted by atomic mass is 10.00. The lowest BCUT2D eigenvalue weighted by Gasteiger charge is -2.15. The molecule has 0 bridgehead atoms. The van der Waals surface area contributed by atoms with E-state index in [-0.39, 0.29) is 4.90 Å². The van der Waals surface area contributed by atoms with Gasteiger partial charge >= 0.3 is 5.97 Å². The minimum absolute atomic E-state index is 0.188. The molecule has 4 rings (SSSR count). The first-order valence-electron chi connectivity index (χ1n) is 11.1. The molecule has 1 saturated heterocycles. The number of esters is 1. The van der Waals surface area contributed by atoms with E-state index < -0.39 is 33.6 Å². The summed E-state index contributed by atoms with van der Waals surface area (Å²) in [5.74, 6) is -0.580. The molecule has 1 aliphatic rings. The second-order valence-electron chi connectivity index (χ2n) is 8.89. The largest absolute Gasteiger partial charge is 0.467 e. The van der Waals surface area contributed by atoms with Crippen LogP contribution < -0.4 is 0 Å². The number of hydrogen-bond acceptors (Lipinski definition) is 5. The Bertz CT molecular complexity index is 1260. The number of carbonyl (C=O) groups excluding carboxylic acids is 1. The molecule has 6 nitrogen and oxygen atoms in total. The number of nitrogens with zero attached hydrogens (tertiary/aromatic N) is 2. The molecule has 1 heterocycles. The Morgan fingerprint density at radius 3 is 1.88 bits per heavy atom. The van der Waals surface area contributed by atoms with Gasteiger partial charge in [0, 0.05) is 11.1 Å². The Labute approximate surface area is 201 Å². The molecule has 1 aliphatic heterocycles. The predicted octanol–water partition coefficient (Wildman–Crippen LogP) is 4.23. The smallest absolute Gasteiger partial charge is 0.332 e. The maximum Gasteiger partial charge on any atom is 0.332 e. The van der Waals surface area contributed by atoms with Gasteiger partial charge in [0.05, 0.1) is 29.3 Å². The third-order valence-corrected chi connectivity index (χ3v) is 8.24. The molecule has 0 radical (unpaired) electrons. The van der Waals surface area contributed by atoms with Gasteiger partial charge in [-0.3, -0.25) is 4.99 Å². The van der Waals surface area contributed by atoms with E-state index in [2.05, 4.69) is 0 Å². The first-order chi connectivity index (χ1) is 16.2. The van der Waals surface area contributed by atoms with E-state index >= 15 is 0 Å². The number of methoxy groups -OCH3 is 1. The summed E-state index contributed by atoms with van der Waals surface area (Å²) in [5.41, 5.74) is 2.41. The number of carbonyl (C=O) groups is 1. The van der Waals surface area contributed by atoms with Crippen molar-refractivity contribution in [2.75, 3.05) is 7.11 Å². The van der Waals surface area contributed by atoms with Crippen LogP contribution in [0.2, 0.25) is 0 Å². The van der Waals surface area contributed by atoms with Crippen LogP contribution in [0.4, 0.5) is 0 Å². The molecule has 0 spiro atoms. The first-order valence-corrected chi connectivity index (χ1v) is 12.5. The first kappa shape index (κ1) is 23.9. The second-order valence-corrected chi connectivity index (χ2v) is 10.7. The topological polar surface area (TPSA) is 75.8 Å². The molecule has 1 fully saturated rings. The summed E-state index contributed by atoms with van der Waals surface area (Å²) in [6.45, 7) is 5.51. The molecule has 1 unspecified atom stereocenters. The van der Waals surface area contributed by atoms with Crippen LogP contribution in [0, 0.1) is 6.92 Å². The summed E-state index contributed by atoms with van der Waals surface area (Å²) in [6, 6.07) is 24.1. The zero-order valence-corrected chi connectivity index (χ0v) is 20.5. The standard InChI is InChI=1S/C27H28N2O4S/c1-19-15-17-22(18-16-19)34(31,32)29-25(27(29,2)3)24(26(30)33-4)28-23(20-11-7-5-8-12-20)21-13-9-6-10-14-21/h5-18,24-25H,1-4H3/t24-,25+,29?/m1/s1. The highest BCUT2D eigenvalue weighted by molar-refractivity contribution is 7.89. The molecular weight excluding hydrogens is 448 g/mol. The number of sulfonamides is 1. The van der Waals surface area contributed by atoms with Crippen molar-refractivity contribution in [3.05, 3.63) is 102 Å². The molecule has 3 aromatic rings. The van der Waals surface area contributed by atoms with Crippen molar-refractivity contribution in [1.82, 2.24) is 4.31 Å². The fraction of sp³-hybridized carbons (Fsp3) is 0.259. The highest BCUT2D eigenvalue weighted by Crippen LogP contribution is 2.48. The Kier molecular flexibility index (Phi) is 6.43. The monoisotopic (exact) mass is 476 g/mol. The van der Waals surface area contributed by atoms with Crippen LogP contribution in [0.25, 0.3) is 0 Å². The maximum atomic E-state index is 13.5. The molecule has 3 aromatic carbocycles. The van der Waals surface area contributed by atoms with Gasteiger partial charge in [0.25, 0.3) is 0 Å². The Hall–Kier alpha value is -3.29. The summed E-state index contributed by atoms with van der Waals surface area (Å²) in [5, 5.41) is 0. The highest BCUT2D eigenvalue weighted by atomic mass is 32.2. The Morgan fingerprint density at radius 2 is 1.41 bits per heavy atom. The van der Waals surface area contributed by atoms with Crippen molar-refractivity contribution in [2.45, 2.75) is 43.3 Å². The van der Waals surface area contributed by atoms with Crippen LogP contribution in [-0.4, -0.2) is 49.1 Å². The number of rotatable bonds is 7. The molecule has 0 aromatic heterocycles. The van der Waals surface area contributed by atoms with Gasteiger partial charge in [-0.1, -0.05) is 78.4 Å². The second kappa shape index (κ2) is 9.16. The van der Waals surface area contributed by atoms with E-state index in [0.717, 1.165) is 16.7 Å². The summed E-state index contributed by atoms with van der Waals surface area (Å²) in [7, 11) is -2.54. The van der Waals surface area contributed by atoms with Crippen molar-refractivity contribution in [3.63, 3.8) is 0 Å². The van der Waals surface area contributed by atoms with Gasteiger partial charge in [0.15, 0.2) is 6.04 Å². The van der Waals surface area contributed by atoms with Gasteiger partial charge in [0.2, 0.25) is 10.0 Å². The van der Waals surface area contributed by atoms with Gasteiger partial charge < -0.3 is 4.74 Å². The van der Waals surface area contributed by atoms with Crippen molar-refractivity contribution in [2.24, 2.45) is 4.99 Å². The van der Waals surface area contributed by atoms with Crippen molar-refractivity contribution in [1.29, 1.82) is 0 Å². The third kappa shape index (κ3) is 4.41. The van der Waals surface area contributed by atoms with Crippen LogP contribution >= 0.6 is 0 Å². The number of aryl methyl sites for hydroxylation is 1. The van der Waals surface area contributed by atoms with Gasteiger partial charge in [-0.15, -0.1) is 0 Å². The predicted molar refractivity (Wildman–Crippen MR) is 132 cm³/mol. The quantitative estimate of drug-likeness (QED) is 0.291. The molecule has 34 heavy (non-hydrogen) atoms. The Morgan fingerprint density at radius 1 is 0.912 bits per heavy atom. The SMILES string of the molecule is COC(=O)[C@H](N=C(c1ccccc1)c1ccccc1)[C@@H]1N(S(=O)(=O)c2ccc(C)cc2)C1(C)C. The van der Waals surface area contributed by atoms with Crippen molar-refractivity contribution >= 4 is 21.7 Å². The van der Waals surface area contributed by atoms with Gasteiger partial charge in [0.1, 0.15) is 0 Å². The maximum absolute atomic E-state index is 13.5. The van der Waals surface area contributed by atoms with E-state index in [4.69, 9.17) is 9.73 Å². The van der Waals surface area contributed by atoms with Crippen molar-refractivity contribution in [3.8, 4) is 0 Å². The van der Waals surface area contributed by atoms with E-state index in [1.807, 2.05) is 67.6 Å². The molecule has 0 aliphatic carbocycles. The molecule has 0 N–H and O–H groups in total. The molecule has 176 valence electrons. The fourth-order valence-electron chi connectivity index (χ4n) is 4.30. The summed E-state index contributed by atoms with van der Waals surface area (Å²) in [6.07, 6.45) is 0. The average Bonchev–Trinajstić information content (AvgIpc) is 3.43. The van der Waals surface area contributed by atoms with E-state index in [0.29, 0.717) is 5.71 Å². The number of aliphatic imine (C=N–C) groups is 1. The zero-order chi connectivity index (χ0) is 24.5. The molecule has 0 amide bonds. The van der Waals surface area contributed by atoms with Crippen LogP contribution in [-0.2, 0) is 19.6 Å². The van der Waals surface area contributed by atoms with E-state index in [1.54, 1.807) is 38.1 Å². The number of ether oxygens (including phenoxy) is 1. The minimum atomic E-state index is -3.83. The molecular formula is C27H28N2O4S. The fourth-order valence-corrected chi connectivity index (χ4v) is 6.36. The lowest BCUT2D eigenvalue weighted by Crippen LogP contribution is -2.32. The lowest BCUT2D eigenvalue weighted by molar-refractivity contribution is -0.142. The van der Waals surface area contributed by atoms with Crippen LogP contribution in [0.5, 0.6) is 0 Å². The van der Waals surface area contributed by atoms with Crippen molar-refractivity contribution < 1.29 is 17.9 Å². The summed E-state index contributed by atoms with van der Waals surface area (Å²) in [4.78, 5) is 18.0. The average molecular weight is 477 g/mol. The minimum Gasteiger partial charge on any atom is -0.467 e. The third-order valence-electron chi connectivity index (χ3n) is 6.16. The van der Waals surface area contributed by atoms with Gasteiger partial charge in [-0.2, -0.15) is 4.31 Å². The molecule has 0 saturated carbocycles. The normalized spacial score (nSPS) is 19.6. The van der Waals surface area contributed by atoms with Crippen LogP contribution in [0.3, 0.4) is 0 Å². The summed E-state index contributed by atoms with van der Waals surface area (Å²) >= 11 is 0. The number of hydrogen-bond donors (Lipinski definition) is 0.